The maximum atomic E-state index is 12.7. The first-order valence-electron chi connectivity index (χ1n) is 4.71. The zero-order valence-corrected chi connectivity index (χ0v) is 8.43. The molecule has 1 saturated heterocycles. The molecule has 0 aliphatic carbocycles. The molecule has 0 amide bonds. The molecule has 1 aliphatic rings. The third kappa shape index (κ3) is 3.17. The Morgan fingerprint density at radius 2 is 2.47 bits per heavy atom. The van der Waals surface area contributed by atoms with Gasteiger partial charge in [-0.1, -0.05) is 0 Å². The molecule has 0 aromatic rings. The predicted molar refractivity (Wildman–Crippen MR) is 50.4 cm³/mol. The van der Waals surface area contributed by atoms with Crippen molar-refractivity contribution in [3.8, 4) is 12.3 Å². The quantitative estimate of drug-likeness (QED) is 0.562. The molecule has 0 aromatic carbocycles. The van der Waals surface area contributed by atoms with Crippen molar-refractivity contribution in [3.63, 3.8) is 0 Å². The van der Waals surface area contributed by atoms with Crippen LogP contribution in [-0.4, -0.2) is 30.6 Å². The van der Waals surface area contributed by atoms with Crippen molar-refractivity contribution < 1.29 is 18.3 Å². The number of alkyl halides is 2. The first-order valence-corrected chi connectivity index (χ1v) is 4.71. The number of hydrogen-bond acceptors (Lipinski definition) is 3. The first kappa shape index (κ1) is 11.9. The molecule has 1 fully saturated rings. The number of rotatable bonds is 4. The van der Waals surface area contributed by atoms with Gasteiger partial charge in [-0.2, -0.15) is 8.78 Å². The van der Waals surface area contributed by atoms with Crippen LogP contribution in [-0.2, 0) is 9.53 Å². The molecule has 1 aliphatic heterocycles. The van der Waals surface area contributed by atoms with Crippen LogP contribution in [0, 0.1) is 12.3 Å². The number of esters is 1. The molecule has 1 heterocycles. The summed E-state index contributed by atoms with van der Waals surface area (Å²) >= 11 is 0. The second kappa shape index (κ2) is 4.58. The normalized spacial score (nSPS) is 25.7. The van der Waals surface area contributed by atoms with Crippen molar-refractivity contribution in [3.05, 3.63) is 0 Å². The van der Waals surface area contributed by atoms with E-state index in [1.807, 2.05) is 6.92 Å². The van der Waals surface area contributed by atoms with E-state index in [0.29, 0.717) is 6.42 Å². The van der Waals surface area contributed by atoms with Gasteiger partial charge in [0.15, 0.2) is 0 Å². The lowest BCUT2D eigenvalue weighted by molar-refractivity contribution is -0.159. The Kier molecular flexibility index (Phi) is 3.64. The standard InChI is InChI=1S/C10H13F2NO2/c1-3-4-7(2)13-6-8-5-10(11,12)9(14)15-8/h1,7-8,13H,4-6H2,2H3. The van der Waals surface area contributed by atoms with E-state index < -0.39 is 24.4 Å². The summed E-state index contributed by atoms with van der Waals surface area (Å²) in [4.78, 5) is 10.6. The number of carbonyl (C=O) groups excluding carboxylic acids is 1. The molecule has 3 nitrogen and oxygen atoms in total. The molecule has 15 heavy (non-hydrogen) atoms. The van der Waals surface area contributed by atoms with E-state index in [1.54, 1.807) is 0 Å². The van der Waals surface area contributed by atoms with E-state index in [1.165, 1.54) is 0 Å². The fraction of sp³-hybridized carbons (Fsp3) is 0.700. The minimum Gasteiger partial charge on any atom is -0.456 e. The van der Waals surface area contributed by atoms with Gasteiger partial charge in [-0.3, -0.25) is 0 Å². The van der Waals surface area contributed by atoms with Gasteiger partial charge in [-0.25, -0.2) is 4.79 Å². The van der Waals surface area contributed by atoms with Gasteiger partial charge in [0.25, 0.3) is 0 Å². The summed E-state index contributed by atoms with van der Waals surface area (Å²) in [5.74, 6) is -2.31. The van der Waals surface area contributed by atoms with E-state index in [-0.39, 0.29) is 12.6 Å². The molecular formula is C10H13F2NO2. The van der Waals surface area contributed by atoms with Crippen LogP contribution in [0.15, 0.2) is 0 Å². The summed E-state index contributed by atoms with van der Waals surface area (Å²) in [7, 11) is 0. The summed E-state index contributed by atoms with van der Waals surface area (Å²) in [5.41, 5.74) is 0. The molecule has 0 spiro atoms. The summed E-state index contributed by atoms with van der Waals surface area (Å²) in [6, 6.07) is 0.0305. The average molecular weight is 217 g/mol. The topological polar surface area (TPSA) is 38.3 Å². The van der Waals surface area contributed by atoms with Crippen molar-refractivity contribution in [1.82, 2.24) is 5.32 Å². The van der Waals surface area contributed by atoms with E-state index in [4.69, 9.17) is 6.42 Å². The Hall–Kier alpha value is -1.15. The smallest absolute Gasteiger partial charge is 0.377 e. The molecule has 0 saturated carbocycles. The minimum absolute atomic E-state index is 0.0305. The third-order valence-corrected chi connectivity index (χ3v) is 2.17. The number of halogens is 2. The minimum atomic E-state index is -3.33. The number of cyclic esters (lactones) is 1. The second-order valence-corrected chi connectivity index (χ2v) is 3.65. The van der Waals surface area contributed by atoms with Gasteiger partial charge < -0.3 is 10.1 Å². The SMILES string of the molecule is C#CCC(C)NCC1CC(F)(F)C(=O)O1. The Bertz CT molecular complexity index is 286. The lowest BCUT2D eigenvalue weighted by Gasteiger charge is -2.13. The van der Waals surface area contributed by atoms with Crippen LogP contribution in [0.25, 0.3) is 0 Å². The highest BCUT2D eigenvalue weighted by atomic mass is 19.3. The van der Waals surface area contributed by atoms with Crippen LogP contribution in [0.4, 0.5) is 8.78 Å². The van der Waals surface area contributed by atoms with Gasteiger partial charge in [0.2, 0.25) is 0 Å². The predicted octanol–water partition coefficient (Wildman–Crippen LogP) is 0.939. The second-order valence-electron chi connectivity index (χ2n) is 3.65. The highest BCUT2D eigenvalue weighted by molar-refractivity contribution is 5.79. The van der Waals surface area contributed by atoms with Gasteiger partial charge in [-0.15, -0.1) is 12.3 Å². The van der Waals surface area contributed by atoms with Crippen molar-refractivity contribution in [1.29, 1.82) is 0 Å². The molecule has 2 unspecified atom stereocenters. The van der Waals surface area contributed by atoms with Crippen molar-refractivity contribution in [2.45, 2.75) is 37.8 Å². The lowest BCUT2D eigenvalue weighted by atomic mass is 10.2. The summed E-state index contributed by atoms with van der Waals surface area (Å²) < 4.78 is 30.0. The molecule has 1 N–H and O–H groups in total. The zero-order chi connectivity index (χ0) is 11.5. The third-order valence-electron chi connectivity index (χ3n) is 2.17. The molecule has 0 radical (unpaired) electrons. The average Bonchev–Trinajstić information content (AvgIpc) is 2.38. The summed E-state index contributed by atoms with van der Waals surface area (Å²) in [6.45, 7) is 2.05. The highest BCUT2D eigenvalue weighted by Gasteiger charge is 2.50. The Balaban J connectivity index is 2.31. The van der Waals surface area contributed by atoms with Crippen molar-refractivity contribution >= 4 is 5.97 Å². The van der Waals surface area contributed by atoms with Gasteiger partial charge in [-0.05, 0) is 6.92 Å². The Labute approximate surface area is 87.2 Å². The molecule has 5 heteroatoms. The fourth-order valence-electron chi connectivity index (χ4n) is 1.34. The first-order chi connectivity index (χ1) is 6.95. The van der Waals surface area contributed by atoms with Crippen LogP contribution in [0.5, 0.6) is 0 Å². The number of terminal acetylenes is 1. The number of hydrogen-bond donors (Lipinski definition) is 1. The van der Waals surface area contributed by atoms with E-state index in [2.05, 4.69) is 16.0 Å². The van der Waals surface area contributed by atoms with E-state index in [9.17, 15) is 13.6 Å². The Morgan fingerprint density at radius 1 is 1.80 bits per heavy atom. The van der Waals surface area contributed by atoms with Crippen LogP contribution in [0.2, 0.25) is 0 Å². The van der Waals surface area contributed by atoms with E-state index in [0.717, 1.165) is 0 Å². The number of carbonyl (C=O) groups is 1. The van der Waals surface area contributed by atoms with Gasteiger partial charge >= 0.3 is 11.9 Å². The maximum Gasteiger partial charge on any atom is 0.377 e. The fourth-order valence-corrected chi connectivity index (χ4v) is 1.34. The summed E-state index contributed by atoms with van der Waals surface area (Å²) in [6.07, 6.45) is 4.28. The van der Waals surface area contributed by atoms with Crippen LogP contribution >= 0.6 is 0 Å². The highest BCUT2D eigenvalue weighted by Crippen LogP contribution is 2.30. The molecular weight excluding hydrogens is 204 g/mol. The molecule has 0 aromatic heterocycles. The number of ether oxygens (including phenoxy) is 1. The lowest BCUT2D eigenvalue weighted by Crippen LogP contribution is -2.33. The van der Waals surface area contributed by atoms with Crippen LogP contribution in [0.3, 0.4) is 0 Å². The summed E-state index contributed by atoms with van der Waals surface area (Å²) in [5, 5.41) is 2.93. The molecule has 1 rings (SSSR count). The zero-order valence-electron chi connectivity index (χ0n) is 8.43. The van der Waals surface area contributed by atoms with Gasteiger partial charge in [0, 0.05) is 19.0 Å². The monoisotopic (exact) mass is 217 g/mol. The molecule has 2 atom stereocenters. The number of nitrogens with one attached hydrogen (secondary N) is 1. The van der Waals surface area contributed by atoms with Crippen LogP contribution in [0.1, 0.15) is 19.8 Å². The largest absolute Gasteiger partial charge is 0.456 e. The molecule has 84 valence electrons. The maximum absolute atomic E-state index is 12.7. The van der Waals surface area contributed by atoms with Gasteiger partial charge in [0.05, 0.1) is 6.42 Å². The van der Waals surface area contributed by atoms with Crippen molar-refractivity contribution in [2.24, 2.45) is 0 Å². The Morgan fingerprint density at radius 3 is 2.93 bits per heavy atom. The van der Waals surface area contributed by atoms with E-state index >= 15 is 0 Å². The van der Waals surface area contributed by atoms with Crippen molar-refractivity contribution in [2.75, 3.05) is 6.54 Å². The van der Waals surface area contributed by atoms with Crippen LogP contribution < -0.4 is 5.32 Å². The molecule has 0 bridgehead atoms. The van der Waals surface area contributed by atoms with Gasteiger partial charge in [0.1, 0.15) is 6.10 Å².